The molecule has 0 aromatic heterocycles. The fraction of sp³-hybridized carbons (Fsp3) is 0.400. The zero-order chi connectivity index (χ0) is 8.10. The van der Waals surface area contributed by atoms with Crippen molar-refractivity contribution in [3.8, 4) is 0 Å². The van der Waals surface area contributed by atoms with E-state index in [0.717, 1.165) is 18.4 Å². The third-order valence-electron chi connectivity index (χ3n) is 1.88. The summed E-state index contributed by atoms with van der Waals surface area (Å²) in [6, 6.07) is 0. The van der Waals surface area contributed by atoms with Gasteiger partial charge in [0.05, 0.1) is 6.61 Å². The molecule has 0 bridgehead atoms. The van der Waals surface area contributed by atoms with E-state index < -0.39 is 0 Å². The van der Waals surface area contributed by atoms with Crippen LogP contribution in [0.25, 0.3) is 0 Å². The van der Waals surface area contributed by atoms with Gasteiger partial charge in [0.25, 0.3) is 0 Å². The van der Waals surface area contributed by atoms with E-state index in [2.05, 4.69) is 19.1 Å². The molecule has 1 nitrogen and oxygen atoms in total. The van der Waals surface area contributed by atoms with Crippen LogP contribution in [-0.2, 0) is 0 Å². The molecule has 1 N–H and O–H groups in total. The molecule has 0 unspecified atom stereocenters. The molecule has 0 fully saturated rings. The highest BCUT2D eigenvalue weighted by atomic mass is 16.3. The Morgan fingerprint density at radius 1 is 1.55 bits per heavy atom. The molecule has 0 atom stereocenters. The van der Waals surface area contributed by atoms with E-state index in [1.165, 1.54) is 5.57 Å². The SMILES string of the molecule is CCC1=CCC(CO)=CC=C1. The molecule has 0 amide bonds. The average Bonchev–Trinajstić information content (AvgIpc) is 2.28. The van der Waals surface area contributed by atoms with Gasteiger partial charge in [0.1, 0.15) is 0 Å². The van der Waals surface area contributed by atoms with Crippen molar-refractivity contribution in [2.45, 2.75) is 19.8 Å². The summed E-state index contributed by atoms with van der Waals surface area (Å²) in [4.78, 5) is 0. The van der Waals surface area contributed by atoms with E-state index in [9.17, 15) is 0 Å². The van der Waals surface area contributed by atoms with Crippen molar-refractivity contribution in [3.05, 3.63) is 35.5 Å². The van der Waals surface area contributed by atoms with Crippen LogP contribution in [0.3, 0.4) is 0 Å². The minimum absolute atomic E-state index is 0.178. The highest BCUT2D eigenvalue weighted by Crippen LogP contribution is 2.12. The predicted molar refractivity (Wildman–Crippen MR) is 47.3 cm³/mol. The Kier molecular flexibility index (Phi) is 3.12. The van der Waals surface area contributed by atoms with Crippen LogP contribution in [0.4, 0.5) is 0 Å². The number of hydrogen-bond acceptors (Lipinski definition) is 1. The zero-order valence-electron chi connectivity index (χ0n) is 6.88. The van der Waals surface area contributed by atoms with Crippen molar-refractivity contribution < 1.29 is 5.11 Å². The molecule has 1 rings (SSSR count). The second kappa shape index (κ2) is 4.14. The van der Waals surface area contributed by atoms with Crippen molar-refractivity contribution in [1.82, 2.24) is 0 Å². The van der Waals surface area contributed by atoms with Crippen LogP contribution >= 0.6 is 0 Å². The van der Waals surface area contributed by atoms with Gasteiger partial charge in [0, 0.05) is 0 Å². The van der Waals surface area contributed by atoms with E-state index in [1.54, 1.807) is 0 Å². The Morgan fingerprint density at radius 3 is 3.00 bits per heavy atom. The standard InChI is InChI=1S/C10H14O/c1-2-9-4-3-5-10(8-11)7-6-9/h3-6,11H,2,7-8H2,1H3. The van der Waals surface area contributed by atoms with Gasteiger partial charge in [-0.05, 0) is 18.4 Å². The van der Waals surface area contributed by atoms with Crippen LogP contribution in [0, 0.1) is 0 Å². The third kappa shape index (κ3) is 2.35. The highest BCUT2D eigenvalue weighted by molar-refractivity contribution is 5.29. The predicted octanol–water partition coefficient (Wildman–Crippen LogP) is 2.20. The van der Waals surface area contributed by atoms with Gasteiger partial charge in [0.15, 0.2) is 0 Å². The Morgan fingerprint density at radius 2 is 2.36 bits per heavy atom. The first-order valence-corrected chi connectivity index (χ1v) is 4.02. The maximum Gasteiger partial charge on any atom is 0.0647 e. The lowest BCUT2D eigenvalue weighted by atomic mass is 10.1. The topological polar surface area (TPSA) is 20.2 Å². The van der Waals surface area contributed by atoms with E-state index >= 15 is 0 Å². The fourth-order valence-electron chi connectivity index (χ4n) is 1.09. The lowest BCUT2D eigenvalue weighted by Crippen LogP contribution is -1.86. The molecule has 0 radical (unpaired) electrons. The van der Waals surface area contributed by atoms with Crippen LogP contribution in [0.2, 0.25) is 0 Å². The van der Waals surface area contributed by atoms with Gasteiger partial charge in [-0.25, -0.2) is 0 Å². The average molecular weight is 150 g/mol. The fourth-order valence-corrected chi connectivity index (χ4v) is 1.09. The van der Waals surface area contributed by atoms with Crippen molar-refractivity contribution >= 4 is 0 Å². The van der Waals surface area contributed by atoms with E-state index in [4.69, 9.17) is 5.11 Å². The first kappa shape index (κ1) is 8.28. The smallest absolute Gasteiger partial charge is 0.0647 e. The normalized spacial score (nSPS) is 17.3. The molecular weight excluding hydrogens is 136 g/mol. The van der Waals surface area contributed by atoms with Gasteiger partial charge in [0.2, 0.25) is 0 Å². The number of rotatable bonds is 2. The third-order valence-corrected chi connectivity index (χ3v) is 1.88. The lowest BCUT2D eigenvalue weighted by Gasteiger charge is -1.96. The van der Waals surface area contributed by atoms with Crippen LogP contribution in [-0.4, -0.2) is 11.7 Å². The van der Waals surface area contributed by atoms with Crippen molar-refractivity contribution in [3.63, 3.8) is 0 Å². The van der Waals surface area contributed by atoms with Crippen molar-refractivity contribution in [1.29, 1.82) is 0 Å². The molecule has 0 aromatic carbocycles. The molecule has 60 valence electrons. The van der Waals surface area contributed by atoms with Gasteiger partial charge >= 0.3 is 0 Å². The van der Waals surface area contributed by atoms with E-state index in [-0.39, 0.29) is 6.61 Å². The summed E-state index contributed by atoms with van der Waals surface area (Å²) in [7, 11) is 0. The molecule has 0 saturated carbocycles. The minimum Gasteiger partial charge on any atom is -0.392 e. The van der Waals surface area contributed by atoms with Gasteiger partial charge in [-0.3, -0.25) is 0 Å². The zero-order valence-corrected chi connectivity index (χ0v) is 6.88. The van der Waals surface area contributed by atoms with Gasteiger partial charge in [-0.1, -0.05) is 36.8 Å². The van der Waals surface area contributed by atoms with Crippen LogP contribution in [0.1, 0.15) is 19.8 Å². The maximum atomic E-state index is 8.84. The van der Waals surface area contributed by atoms with E-state index in [1.807, 2.05) is 12.2 Å². The van der Waals surface area contributed by atoms with Gasteiger partial charge in [-0.2, -0.15) is 0 Å². The summed E-state index contributed by atoms with van der Waals surface area (Å²) in [6.07, 6.45) is 10.2. The Hall–Kier alpha value is -0.820. The summed E-state index contributed by atoms with van der Waals surface area (Å²) in [6.45, 7) is 2.32. The molecular formula is C10H14O. The number of aliphatic hydroxyl groups is 1. The van der Waals surface area contributed by atoms with Crippen LogP contribution in [0.5, 0.6) is 0 Å². The molecule has 11 heavy (non-hydrogen) atoms. The number of allylic oxidation sites excluding steroid dienone is 5. The monoisotopic (exact) mass is 150 g/mol. The highest BCUT2D eigenvalue weighted by Gasteiger charge is 1.96. The summed E-state index contributed by atoms with van der Waals surface area (Å²) in [5, 5.41) is 8.84. The summed E-state index contributed by atoms with van der Waals surface area (Å²) in [5.74, 6) is 0. The first-order chi connectivity index (χ1) is 5.36. The molecule has 1 aliphatic rings. The van der Waals surface area contributed by atoms with Crippen molar-refractivity contribution in [2.75, 3.05) is 6.61 Å². The Bertz CT molecular complexity index is 209. The maximum absolute atomic E-state index is 8.84. The Balaban J connectivity index is 2.66. The van der Waals surface area contributed by atoms with E-state index in [0.29, 0.717) is 0 Å². The second-order valence-corrected chi connectivity index (χ2v) is 2.68. The van der Waals surface area contributed by atoms with Gasteiger partial charge in [-0.15, -0.1) is 0 Å². The molecule has 0 spiro atoms. The molecule has 1 heteroatoms. The number of hydrogen-bond donors (Lipinski definition) is 1. The summed E-state index contributed by atoms with van der Waals surface area (Å²) in [5.41, 5.74) is 2.44. The largest absolute Gasteiger partial charge is 0.392 e. The minimum atomic E-state index is 0.178. The van der Waals surface area contributed by atoms with Crippen LogP contribution in [0.15, 0.2) is 35.5 Å². The molecule has 0 aromatic rings. The van der Waals surface area contributed by atoms with Crippen LogP contribution < -0.4 is 0 Å². The van der Waals surface area contributed by atoms with Crippen molar-refractivity contribution in [2.24, 2.45) is 0 Å². The lowest BCUT2D eigenvalue weighted by molar-refractivity contribution is 0.329. The quantitative estimate of drug-likeness (QED) is 0.639. The Labute approximate surface area is 67.7 Å². The molecule has 0 aliphatic heterocycles. The summed E-state index contributed by atoms with van der Waals surface area (Å²) >= 11 is 0. The first-order valence-electron chi connectivity index (χ1n) is 4.02. The molecule has 0 saturated heterocycles. The second-order valence-electron chi connectivity index (χ2n) is 2.68. The van der Waals surface area contributed by atoms with Gasteiger partial charge < -0.3 is 5.11 Å². The molecule has 0 heterocycles. The molecule has 1 aliphatic carbocycles. The summed E-state index contributed by atoms with van der Waals surface area (Å²) < 4.78 is 0. The number of aliphatic hydroxyl groups excluding tert-OH is 1.